The second kappa shape index (κ2) is 7.17. The van der Waals surface area contributed by atoms with Crippen LogP contribution < -0.4 is 10.6 Å². The van der Waals surface area contributed by atoms with Crippen molar-refractivity contribution in [1.29, 1.82) is 0 Å². The number of nitrogens with one attached hydrogen (secondary N) is 2. The van der Waals surface area contributed by atoms with Gasteiger partial charge in [-0.15, -0.1) is 0 Å². The van der Waals surface area contributed by atoms with Crippen molar-refractivity contribution in [3.63, 3.8) is 0 Å². The van der Waals surface area contributed by atoms with Gasteiger partial charge in [0.2, 0.25) is 5.91 Å². The Hall–Kier alpha value is -1.95. The van der Waals surface area contributed by atoms with Crippen LogP contribution in [-0.2, 0) is 11.2 Å². The van der Waals surface area contributed by atoms with E-state index in [-0.39, 0.29) is 17.6 Å². The molecule has 2 atom stereocenters. The number of hydrogen-bond donors (Lipinski definition) is 2. The first kappa shape index (κ1) is 15.4. The van der Waals surface area contributed by atoms with E-state index in [0.717, 1.165) is 25.1 Å². The largest absolute Gasteiger partial charge is 0.353 e. The molecule has 0 radical (unpaired) electrons. The third-order valence-electron chi connectivity index (χ3n) is 3.89. The highest BCUT2D eigenvalue weighted by Gasteiger charge is 2.22. The van der Waals surface area contributed by atoms with Crippen LogP contribution in [0.3, 0.4) is 0 Å². The molecule has 0 aliphatic carbocycles. The highest BCUT2D eigenvalue weighted by molar-refractivity contribution is 5.76. The molecule has 114 valence electrons. The van der Waals surface area contributed by atoms with Crippen molar-refractivity contribution in [2.45, 2.75) is 32.2 Å². The van der Waals surface area contributed by atoms with E-state index in [1.165, 1.54) is 12.1 Å². The number of carbonyl (C=O) groups excluding carboxylic acids is 1. The third kappa shape index (κ3) is 4.53. The zero-order valence-electron chi connectivity index (χ0n) is 12.2. The van der Waals surface area contributed by atoms with Crippen LogP contribution in [0.1, 0.15) is 25.3 Å². The van der Waals surface area contributed by atoms with Crippen LogP contribution in [0.4, 0.5) is 5.69 Å². The lowest BCUT2D eigenvalue weighted by Gasteiger charge is -2.30. The van der Waals surface area contributed by atoms with Crippen molar-refractivity contribution in [1.82, 2.24) is 10.6 Å². The van der Waals surface area contributed by atoms with Crippen molar-refractivity contribution < 1.29 is 9.72 Å². The van der Waals surface area contributed by atoms with Crippen molar-refractivity contribution in [2.75, 3.05) is 13.1 Å². The normalized spacial score (nSPS) is 21.8. The number of non-ortho nitro benzene ring substituents is 1. The summed E-state index contributed by atoms with van der Waals surface area (Å²) in [5.74, 6) is 0.445. The maximum Gasteiger partial charge on any atom is 0.269 e. The molecule has 1 fully saturated rings. The molecule has 1 aliphatic rings. The maximum absolute atomic E-state index is 12.0. The predicted octanol–water partition coefficient (Wildman–Crippen LogP) is 1.64. The van der Waals surface area contributed by atoms with Crippen molar-refractivity contribution in [3.8, 4) is 0 Å². The Labute approximate surface area is 124 Å². The molecular weight excluding hydrogens is 270 g/mol. The minimum Gasteiger partial charge on any atom is -0.353 e. The van der Waals surface area contributed by atoms with Gasteiger partial charge in [0.1, 0.15) is 0 Å². The van der Waals surface area contributed by atoms with E-state index >= 15 is 0 Å². The molecule has 2 rings (SSSR count). The summed E-state index contributed by atoms with van der Waals surface area (Å²) in [6.45, 7) is 3.98. The standard InChI is InChI=1S/C15H21N3O3/c1-11-10-16-8-7-14(11)17-15(19)6-5-12-3-2-4-13(9-12)18(20)21/h2-4,9,11,14,16H,5-8,10H2,1H3,(H,17,19). The Bertz CT molecular complexity index is 519. The number of benzene rings is 1. The molecule has 21 heavy (non-hydrogen) atoms. The molecule has 1 aromatic carbocycles. The molecule has 1 saturated heterocycles. The molecule has 0 bridgehead atoms. The summed E-state index contributed by atoms with van der Waals surface area (Å²) in [5.41, 5.74) is 0.887. The highest BCUT2D eigenvalue weighted by Crippen LogP contribution is 2.15. The van der Waals surface area contributed by atoms with Gasteiger partial charge in [-0.2, -0.15) is 0 Å². The van der Waals surface area contributed by atoms with E-state index < -0.39 is 4.92 Å². The van der Waals surface area contributed by atoms with E-state index in [1.54, 1.807) is 6.07 Å². The second-order valence-corrected chi connectivity index (χ2v) is 5.57. The Morgan fingerprint density at radius 1 is 1.52 bits per heavy atom. The van der Waals surface area contributed by atoms with E-state index in [4.69, 9.17) is 0 Å². The molecule has 2 N–H and O–H groups in total. The molecule has 2 unspecified atom stereocenters. The summed E-state index contributed by atoms with van der Waals surface area (Å²) in [6.07, 6.45) is 1.83. The number of nitro groups is 1. The zero-order chi connectivity index (χ0) is 15.2. The Morgan fingerprint density at radius 2 is 2.33 bits per heavy atom. The Morgan fingerprint density at radius 3 is 3.05 bits per heavy atom. The van der Waals surface area contributed by atoms with Gasteiger partial charge in [0.15, 0.2) is 0 Å². The lowest BCUT2D eigenvalue weighted by Crippen LogP contribution is -2.48. The summed E-state index contributed by atoms with van der Waals surface area (Å²) in [7, 11) is 0. The van der Waals surface area contributed by atoms with Gasteiger partial charge >= 0.3 is 0 Å². The second-order valence-electron chi connectivity index (χ2n) is 5.57. The molecular formula is C15H21N3O3. The molecule has 1 amide bonds. The van der Waals surface area contributed by atoms with Crippen LogP contribution in [0.2, 0.25) is 0 Å². The number of rotatable bonds is 5. The molecule has 0 spiro atoms. The molecule has 6 heteroatoms. The van der Waals surface area contributed by atoms with Crippen LogP contribution >= 0.6 is 0 Å². The number of aryl methyl sites for hydroxylation is 1. The highest BCUT2D eigenvalue weighted by atomic mass is 16.6. The number of carbonyl (C=O) groups is 1. The number of piperidine rings is 1. The van der Waals surface area contributed by atoms with Crippen molar-refractivity contribution in [3.05, 3.63) is 39.9 Å². The lowest BCUT2D eigenvalue weighted by atomic mass is 9.95. The van der Waals surface area contributed by atoms with Crippen LogP contribution in [0.25, 0.3) is 0 Å². The van der Waals surface area contributed by atoms with Gasteiger partial charge < -0.3 is 10.6 Å². The lowest BCUT2D eigenvalue weighted by molar-refractivity contribution is -0.384. The molecule has 0 saturated carbocycles. The monoisotopic (exact) mass is 291 g/mol. The molecule has 6 nitrogen and oxygen atoms in total. The Balaban J connectivity index is 1.83. The summed E-state index contributed by atoms with van der Waals surface area (Å²) >= 11 is 0. The van der Waals surface area contributed by atoms with Crippen LogP contribution in [-0.4, -0.2) is 30.0 Å². The van der Waals surface area contributed by atoms with Gasteiger partial charge in [-0.1, -0.05) is 19.1 Å². The quantitative estimate of drug-likeness (QED) is 0.638. The summed E-state index contributed by atoms with van der Waals surface area (Å²) in [6, 6.07) is 6.68. The maximum atomic E-state index is 12.0. The zero-order valence-corrected chi connectivity index (χ0v) is 12.2. The predicted molar refractivity (Wildman–Crippen MR) is 80.0 cm³/mol. The number of hydrogen-bond acceptors (Lipinski definition) is 4. The van der Waals surface area contributed by atoms with Gasteiger partial charge in [-0.05, 0) is 37.4 Å². The molecule has 0 aromatic heterocycles. The third-order valence-corrected chi connectivity index (χ3v) is 3.89. The summed E-state index contributed by atoms with van der Waals surface area (Å²) in [4.78, 5) is 22.3. The number of nitro benzene ring substituents is 1. The first-order chi connectivity index (χ1) is 10.1. The smallest absolute Gasteiger partial charge is 0.269 e. The molecule has 1 aromatic rings. The van der Waals surface area contributed by atoms with Crippen LogP contribution in [0, 0.1) is 16.0 Å². The SMILES string of the molecule is CC1CNCCC1NC(=O)CCc1cccc([N+](=O)[O-])c1. The van der Waals surface area contributed by atoms with Gasteiger partial charge in [-0.3, -0.25) is 14.9 Å². The fourth-order valence-corrected chi connectivity index (χ4v) is 2.59. The molecule has 1 heterocycles. The fourth-order valence-electron chi connectivity index (χ4n) is 2.59. The average Bonchev–Trinajstić information content (AvgIpc) is 2.48. The van der Waals surface area contributed by atoms with Gasteiger partial charge in [0, 0.05) is 24.6 Å². The van der Waals surface area contributed by atoms with Crippen molar-refractivity contribution >= 4 is 11.6 Å². The molecule has 1 aliphatic heterocycles. The summed E-state index contributed by atoms with van der Waals surface area (Å²) < 4.78 is 0. The van der Waals surface area contributed by atoms with Gasteiger partial charge in [0.25, 0.3) is 5.69 Å². The topological polar surface area (TPSA) is 84.3 Å². The Kier molecular flexibility index (Phi) is 5.27. The first-order valence-corrected chi connectivity index (χ1v) is 7.29. The fraction of sp³-hybridized carbons (Fsp3) is 0.533. The van der Waals surface area contributed by atoms with Crippen molar-refractivity contribution in [2.24, 2.45) is 5.92 Å². The average molecular weight is 291 g/mol. The number of amides is 1. The van der Waals surface area contributed by atoms with Gasteiger partial charge in [0.05, 0.1) is 4.92 Å². The minimum absolute atomic E-state index is 0.0141. The van der Waals surface area contributed by atoms with E-state index in [1.807, 2.05) is 6.07 Å². The van der Waals surface area contributed by atoms with Crippen LogP contribution in [0.5, 0.6) is 0 Å². The van der Waals surface area contributed by atoms with E-state index in [9.17, 15) is 14.9 Å². The number of nitrogens with zero attached hydrogens (tertiary/aromatic N) is 1. The first-order valence-electron chi connectivity index (χ1n) is 7.29. The minimum atomic E-state index is -0.416. The van der Waals surface area contributed by atoms with E-state index in [0.29, 0.717) is 18.8 Å². The van der Waals surface area contributed by atoms with Crippen LogP contribution in [0.15, 0.2) is 24.3 Å². The summed E-state index contributed by atoms with van der Waals surface area (Å²) in [5, 5.41) is 17.1. The van der Waals surface area contributed by atoms with Gasteiger partial charge in [-0.25, -0.2) is 0 Å². The van der Waals surface area contributed by atoms with E-state index in [2.05, 4.69) is 17.6 Å².